The number of carbonyl (C=O) groups excluding carboxylic acids is 1. The van der Waals surface area contributed by atoms with Gasteiger partial charge in [0.2, 0.25) is 22.7 Å². The predicted molar refractivity (Wildman–Crippen MR) is 147 cm³/mol. The first-order valence-electron chi connectivity index (χ1n) is 12.5. The van der Waals surface area contributed by atoms with Gasteiger partial charge in [0.15, 0.2) is 5.82 Å². The summed E-state index contributed by atoms with van der Waals surface area (Å²) in [5.74, 6) is 1.34. The molecule has 0 bridgehead atoms. The van der Waals surface area contributed by atoms with Gasteiger partial charge in [-0.25, -0.2) is 18.1 Å². The van der Waals surface area contributed by atoms with Crippen molar-refractivity contribution < 1.29 is 22.7 Å². The summed E-state index contributed by atoms with van der Waals surface area (Å²) in [4.78, 5) is 23.4. The third-order valence-corrected chi connectivity index (χ3v) is 7.49. The number of halogens is 1. The monoisotopic (exact) mass is 567 g/mol. The lowest BCUT2D eigenvalue weighted by atomic mass is 9.84. The zero-order chi connectivity index (χ0) is 27.1. The van der Waals surface area contributed by atoms with Gasteiger partial charge >= 0.3 is 0 Å². The second-order valence-electron chi connectivity index (χ2n) is 9.39. The molecule has 4 rings (SSSR count). The molecule has 0 saturated heterocycles. The Kier molecular flexibility index (Phi) is 9.97. The lowest BCUT2D eigenvalue weighted by Gasteiger charge is -2.32. The Morgan fingerprint density at radius 2 is 2.03 bits per heavy atom. The van der Waals surface area contributed by atoms with Crippen LogP contribution in [0.4, 0.5) is 23.1 Å². The maximum Gasteiger partial charge on any atom is 0.238 e. The molecule has 12 nitrogen and oxygen atoms in total. The van der Waals surface area contributed by atoms with Crippen molar-refractivity contribution in [1.82, 2.24) is 19.6 Å². The number of rotatable bonds is 11. The number of hydrogen-bond donors (Lipinski definition) is 5. The van der Waals surface area contributed by atoms with Crippen molar-refractivity contribution in [2.75, 3.05) is 56.4 Å². The van der Waals surface area contributed by atoms with Gasteiger partial charge in [-0.15, -0.1) is 0 Å². The Balaban J connectivity index is 1.54. The number of amides is 1. The summed E-state index contributed by atoms with van der Waals surface area (Å²) in [7, 11) is 0.564. The summed E-state index contributed by atoms with van der Waals surface area (Å²) in [6, 6.07) is 3.72. The standard InChI is InChI=1S/C24H34ClN7O5S/c1-36-8-7-32-13-16-9-21(37-2)20(10-19(16)28-22(33)14-32)30-24-26-12-17(25)23(31-24)29-18-6-4-3-5-15(18)11-27-38(34)35/h9-10,12,15,18,38H,3-8,11,13-14H2,1-2H3,(H,28,33)(H,27,34,35)(H2,26,29,30,31)/t15-,18-/m1/s1. The number of aromatic nitrogens is 2. The molecule has 1 aromatic carbocycles. The lowest BCUT2D eigenvalue weighted by Crippen LogP contribution is -2.38. The SMILES string of the molecule is COCCN1CC(=O)Nc2cc(Nc3ncc(Cl)c(N[C@@H]4CCCC[C@@H]4CN[SH](=O)=O)n3)c(OC)cc2C1. The van der Waals surface area contributed by atoms with Crippen LogP contribution in [0, 0.1) is 5.92 Å². The van der Waals surface area contributed by atoms with E-state index in [4.69, 9.17) is 21.1 Å². The first-order chi connectivity index (χ1) is 18.4. The van der Waals surface area contributed by atoms with Crippen LogP contribution in [0.2, 0.25) is 5.02 Å². The van der Waals surface area contributed by atoms with E-state index in [0.29, 0.717) is 60.2 Å². The van der Waals surface area contributed by atoms with Crippen molar-refractivity contribution in [3.05, 3.63) is 28.9 Å². The normalized spacial score (nSPS) is 19.9. The number of hydrogen-bond acceptors (Lipinski definition) is 10. The van der Waals surface area contributed by atoms with Crippen LogP contribution in [-0.2, 0) is 27.0 Å². The molecule has 2 heterocycles. The summed E-state index contributed by atoms with van der Waals surface area (Å²) < 4.78 is 35.4. The fourth-order valence-corrected chi connectivity index (χ4v) is 5.39. The molecular weight excluding hydrogens is 534 g/mol. The molecule has 4 N–H and O–H groups in total. The van der Waals surface area contributed by atoms with Gasteiger partial charge in [-0.1, -0.05) is 24.4 Å². The molecule has 208 valence electrons. The van der Waals surface area contributed by atoms with Gasteiger partial charge in [0.1, 0.15) is 10.8 Å². The van der Waals surface area contributed by atoms with Gasteiger partial charge in [0.05, 0.1) is 32.1 Å². The van der Waals surface area contributed by atoms with Crippen LogP contribution < -0.4 is 25.4 Å². The number of thiol groups is 1. The average molecular weight is 568 g/mol. The summed E-state index contributed by atoms with van der Waals surface area (Å²) in [5, 5.41) is 9.91. The molecule has 2 atom stereocenters. The minimum Gasteiger partial charge on any atom is -0.495 e. The highest BCUT2D eigenvalue weighted by Crippen LogP contribution is 2.35. The number of carbonyl (C=O) groups is 1. The molecule has 1 aliphatic heterocycles. The van der Waals surface area contributed by atoms with Crippen molar-refractivity contribution >= 4 is 51.5 Å². The predicted octanol–water partition coefficient (Wildman–Crippen LogP) is 2.37. The Morgan fingerprint density at radius 3 is 2.79 bits per heavy atom. The molecule has 14 heteroatoms. The minimum atomic E-state index is -2.65. The van der Waals surface area contributed by atoms with E-state index in [1.807, 2.05) is 17.0 Å². The van der Waals surface area contributed by atoms with E-state index in [0.717, 1.165) is 31.2 Å². The lowest BCUT2D eigenvalue weighted by molar-refractivity contribution is -0.117. The zero-order valence-corrected chi connectivity index (χ0v) is 23.1. The van der Waals surface area contributed by atoms with Crippen LogP contribution in [-0.4, -0.2) is 75.7 Å². The van der Waals surface area contributed by atoms with Crippen LogP contribution in [0.1, 0.15) is 31.2 Å². The van der Waals surface area contributed by atoms with Crippen LogP contribution in [0.3, 0.4) is 0 Å². The van der Waals surface area contributed by atoms with Gasteiger partial charge < -0.3 is 25.4 Å². The van der Waals surface area contributed by atoms with E-state index in [-0.39, 0.29) is 24.4 Å². The number of nitrogens with zero attached hydrogens (tertiary/aromatic N) is 3. The van der Waals surface area contributed by atoms with E-state index in [1.54, 1.807) is 14.2 Å². The van der Waals surface area contributed by atoms with Crippen LogP contribution in [0.15, 0.2) is 18.3 Å². The summed E-state index contributed by atoms with van der Waals surface area (Å²) >= 11 is 6.42. The van der Waals surface area contributed by atoms with Crippen molar-refractivity contribution in [3.8, 4) is 5.75 Å². The van der Waals surface area contributed by atoms with E-state index >= 15 is 0 Å². The Hall–Kier alpha value is -2.71. The quantitative estimate of drug-likeness (QED) is 0.256. The number of anilines is 4. The van der Waals surface area contributed by atoms with E-state index in [1.165, 1.54) is 6.20 Å². The van der Waals surface area contributed by atoms with Crippen LogP contribution >= 0.6 is 11.6 Å². The van der Waals surface area contributed by atoms with Gasteiger partial charge in [-0.05, 0) is 36.5 Å². The molecule has 0 unspecified atom stereocenters. The Morgan fingerprint density at radius 1 is 1.21 bits per heavy atom. The van der Waals surface area contributed by atoms with E-state index in [2.05, 4.69) is 30.6 Å². The fourth-order valence-electron chi connectivity index (χ4n) is 4.86. The number of methoxy groups -OCH3 is 2. The van der Waals surface area contributed by atoms with Crippen molar-refractivity contribution in [3.63, 3.8) is 0 Å². The maximum atomic E-state index is 12.5. The molecule has 0 spiro atoms. The molecule has 1 aliphatic carbocycles. The van der Waals surface area contributed by atoms with Crippen LogP contribution in [0.5, 0.6) is 5.75 Å². The largest absolute Gasteiger partial charge is 0.495 e. The number of nitrogens with one attached hydrogen (secondary N) is 4. The first-order valence-corrected chi connectivity index (χ1v) is 14.1. The second kappa shape index (κ2) is 13.4. The molecular formula is C24H34ClN7O5S. The summed E-state index contributed by atoms with van der Waals surface area (Å²) in [6.07, 6.45) is 5.37. The minimum absolute atomic E-state index is 0.0183. The van der Waals surface area contributed by atoms with Gasteiger partial charge in [-0.2, -0.15) is 4.98 Å². The molecule has 1 aromatic heterocycles. The number of ether oxygens (including phenoxy) is 2. The molecule has 1 amide bonds. The number of benzene rings is 1. The molecule has 0 radical (unpaired) electrons. The smallest absolute Gasteiger partial charge is 0.238 e. The second-order valence-corrected chi connectivity index (χ2v) is 10.6. The third-order valence-electron chi connectivity index (χ3n) is 6.78. The fraction of sp³-hybridized carbons (Fsp3) is 0.542. The summed E-state index contributed by atoms with van der Waals surface area (Å²) in [5.41, 5.74) is 2.19. The van der Waals surface area contributed by atoms with Crippen molar-refractivity contribution in [2.24, 2.45) is 5.92 Å². The first kappa shape index (κ1) is 28.3. The highest BCUT2D eigenvalue weighted by atomic mass is 35.5. The molecule has 1 saturated carbocycles. The van der Waals surface area contributed by atoms with E-state index in [9.17, 15) is 13.2 Å². The molecule has 2 aliphatic rings. The van der Waals surface area contributed by atoms with E-state index < -0.39 is 10.9 Å². The van der Waals surface area contributed by atoms with Gasteiger partial charge in [-0.3, -0.25) is 9.69 Å². The average Bonchev–Trinajstić information content (AvgIpc) is 3.05. The molecule has 38 heavy (non-hydrogen) atoms. The Labute approximate surface area is 228 Å². The molecule has 1 fully saturated rings. The highest BCUT2D eigenvalue weighted by molar-refractivity contribution is 7.70. The zero-order valence-electron chi connectivity index (χ0n) is 21.5. The topological polar surface area (TPSA) is 147 Å². The maximum absolute atomic E-state index is 12.5. The number of fused-ring (bicyclic) bond motifs is 1. The highest BCUT2D eigenvalue weighted by Gasteiger charge is 2.26. The molecule has 2 aromatic rings. The Bertz CT molecular complexity index is 1210. The van der Waals surface area contributed by atoms with Crippen molar-refractivity contribution in [2.45, 2.75) is 38.3 Å². The van der Waals surface area contributed by atoms with Crippen LogP contribution in [0.25, 0.3) is 0 Å². The van der Waals surface area contributed by atoms with Gasteiger partial charge in [0.25, 0.3) is 0 Å². The van der Waals surface area contributed by atoms with Gasteiger partial charge in [0, 0.05) is 38.5 Å². The van der Waals surface area contributed by atoms with Crippen molar-refractivity contribution in [1.29, 1.82) is 0 Å². The summed E-state index contributed by atoms with van der Waals surface area (Å²) in [6.45, 7) is 2.36. The third kappa shape index (κ3) is 7.44.